The highest BCUT2D eigenvalue weighted by Gasteiger charge is 2.20. The smallest absolute Gasteiger partial charge is 0.236 e. The summed E-state index contributed by atoms with van der Waals surface area (Å²) in [5.41, 5.74) is -0.227. The summed E-state index contributed by atoms with van der Waals surface area (Å²) >= 11 is 0. The second-order valence-corrected chi connectivity index (χ2v) is 4.19. The standard InChI is InChI=1S/C11H24N2O2/c1-6-12-10(14)9(3)13-8-11(4,5)15-7-2/h9,13H,6-8H2,1-5H3,(H,12,14). The third-order valence-electron chi connectivity index (χ3n) is 2.11. The molecule has 0 spiro atoms. The van der Waals surface area contributed by atoms with E-state index in [-0.39, 0.29) is 17.6 Å². The van der Waals surface area contributed by atoms with Gasteiger partial charge in [-0.05, 0) is 34.6 Å². The summed E-state index contributed by atoms with van der Waals surface area (Å²) in [7, 11) is 0. The Bertz CT molecular complexity index is 193. The van der Waals surface area contributed by atoms with E-state index in [9.17, 15) is 4.79 Å². The second-order valence-electron chi connectivity index (χ2n) is 4.19. The maximum atomic E-state index is 11.4. The third-order valence-corrected chi connectivity index (χ3v) is 2.11. The minimum atomic E-state index is -0.227. The van der Waals surface area contributed by atoms with Gasteiger partial charge in [-0.25, -0.2) is 0 Å². The van der Waals surface area contributed by atoms with Crippen LogP contribution in [0.1, 0.15) is 34.6 Å². The van der Waals surface area contributed by atoms with Crippen LogP contribution in [0.2, 0.25) is 0 Å². The lowest BCUT2D eigenvalue weighted by Crippen LogP contribution is -2.47. The van der Waals surface area contributed by atoms with Gasteiger partial charge >= 0.3 is 0 Å². The topological polar surface area (TPSA) is 50.4 Å². The summed E-state index contributed by atoms with van der Waals surface area (Å²) in [6.45, 7) is 11.8. The molecule has 4 heteroatoms. The summed E-state index contributed by atoms with van der Waals surface area (Å²) in [5.74, 6) is 0.0322. The van der Waals surface area contributed by atoms with Crippen LogP contribution in [-0.2, 0) is 9.53 Å². The van der Waals surface area contributed by atoms with Crippen molar-refractivity contribution in [3.05, 3.63) is 0 Å². The number of nitrogens with one attached hydrogen (secondary N) is 2. The molecule has 0 aliphatic rings. The van der Waals surface area contributed by atoms with Gasteiger partial charge in [-0.3, -0.25) is 4.79 Å². The molecule has 0 saturated carbocycles. The predicted octanol–water partition coefficient (Wildman–Crippen LogP) is 0.916. The number of hydrogen-bond acceptors (Lipinski definition) is 3. The molecule has 90 valence electrons. The number of hydrogen-bond donors (Lipinski definition) is 2. The summed E-state index contributed by atoms with van der Waals surface area (Å²) < 4.78 is 5.53. The zero-order valence-corrected chi connectivity index (χ0v) is 10.5. The molecule has 0 aliphatic carbocycles. The van der Waals surface area contributed by atoms with Crippen molar-refractivity contribution < 1.29 is 9.53 Å². The van der Waals surface area contributed by atoms with Crippen LogP contribution in [0.25, 0.3) is 0 Å². The van der Waals surface area contributed by atoms with Crippen LogP contribution >= 0.6 is 0 Å². The first-order chi connectivity index (χ1) is 6.93. The molecule has 4 nitrogen and oxygen atoms in total. The van der Waals surface area contributed by atoms with Crippen molar-refractivity contribution in [2.75, 3.05) is 19.7 Å². The quantitative estimate of drug-likeness (QED) is 0.665. The van der Waals surface area contributed by atoms with E-state index in [4.69, 9.17) is 4.74 Å². The molecular weight excluding hydrogens is 192 g/mol. The van der Waals surface area contributed by atoms with E-state index in [2.05, 4.69) is 10.6 Å². The number of rotatable bonds is 7. The van der Waals surface area contributed by atoms with E-state index in [0.29, 0.717) is 19.7 Å². The van der Waals surface area contributed by atoms with Crippen LogP contribution in [0.15, 0.2) is 0 Å². The average molecular weight is 216 g/mol. The van der Waals surface area contributed by atoms with Gasteiger partial charge in [0.2, 0.25) is 5.91 Å². The van der Waals surface area contributed by atoms with Crippen molar-refractivity contribution in [2.45, 2.75) is 46.3 Å². The van der Waals surface area contributed by atoms with Gasteiger partial charge in [-0.1, -0.05) is 0 Å². The lowest BCUT2D eigenvalue weighted by atomic mass is 10.1. The van der Waals surface area contributed by atoms with Crippen molar-refractivity contribution in [1.29, 1.82) is 0 Å². The molecule has 0 heterocycles. The monoisotopic (exact) mass is 216 g/mol. The molecule has 0 aliphatic heterocycles. The fourth-order valence-corrected chi connectivity index (χ4v) is 1.26. The maximum Gasteiger partial charge on any atom is 0.236 e. The van der Waals surface area contributed by atoms with Gasteiger partial charge in [-0.15, -0.1) is 0 Å². The Kier molecular flexibility index (Phi) is 6.52. The second kappa shape index (κ2) is 6.80. The highest BCUT2D eigenvalue weighted by atomic mass is 16.5. The first-order valence-electron chi connectivity index (χ1n) is 5.58. The molecule has 0 aromatic carbocycles. The minimum Gasteiger partial charge on any atom is -0.375 e. The Balaban J connectivity index is 3.88. The molecule has 0 aromatic rings. The lowest BCUT2D eigenvalue weighted by molar-refractivity contribution is -0.122. The van der Waals surface area contributed by atoms with Gasteiger partial charge in [-0.2, -0.15) is 0 Å². The number of carbonyl (C=O) groups is 1. The zero-order chi connectivity index (χ0) is 11.9. The highest BCUT2D eigenvalue weighted by molar-refractivity contribution is 5.81. The fourth-order valence-electron chi connectivity index (χ4n) is 1.26. The fraction of sp³-hybridized carbons (Fsp3) is 0.909. The third kappa shape index (κ3) is 6.47. The van der Waals surface area contributed by atoms with E-state index < -0.39 is 0 Å². The van der Waals surface area contributed by atoms with Crippen molar-refractivity contribution in [3.8, 4) is 0 Å². The van der Waals surface area contributed by atoms with E-state index in [0.717, 1.165) is 0 Å². The Morgan fingerprint density at radius 3 is 2.47 bits per heavy atom. The van der Waals surface area contributed by atoms with E-state index >= 15 is 0 Å². The zero-order valence-electron chi connectivity index (χ0n) is 10.5. The first-order valence-corrected chi connectivity index (χ1v) is 5.58. The normalized spacial score (nSPS) is 13.7. The lowest BCUT2D eigenvalue weighted by Gasteiger charge is -2.26. The minimum absolute atomic E-state index is 0.0322. The van der Waals surface area contributed by atoms with Crippen LogP contribution in [0.4, 0.5) is 0 Å². The van der Waals surface area contributed by atoms with Crippen LogP contribution in [0, 0.1) is 0 Å². The summed E-state index contributed by atoms with van der Waals surface area (Å²) in [6.07, 6.45) is 0. The van der Waals surface area contributed by atoms with Crippen molar-refractivity contribution in [2.24, 2.45) is 0 Å². The number of amides is 1. The van der Waals surface area contributed by atoms with E-state index in [1.54, 1.807) is 0 Å². The molecule has 0 saturated heterocycles. The van der Waals surface area contributed by atoms with Crippen LogP contribution in [0.3, 0.4) is 0 Å². The Labute approximate surface area is 92.8 Å². The number of carbonyl (C=O) groups excluding carboxylic acids is 1. The molecule has 0 aromatic heterocycles. The molecule has 0 radical (unpaired) electrons. The molecular formula is C11H24N2O2. The molecule has 0 rings (SSSR count). The van der Waals surface area contributed by atoms with E-state index in [1.165, 1.54) is 0 Å². The predicted molar refractivity (Wildman–Crippen MR) is 61.9 cm³/mol. The average Bonchev–Trinajstić information content (AvgIpc) is 2.14. The number of likely N-dealkylation sites (N-methyl/N-ethyl adjacent to an activating group) is 1. The molecule has 0 fully saturated rings. The Morgan fingerprint density at radius 2 is 2.00 bits per heavy atom. The SMILES string of the molecule is CCNC(=O)C(C)NCC(C)(C)OCC. The Morgan fingerprint density at radius 1 is 1.40 bits per heavy atom. The summed E-state index contributed by atoms with van der Waals surface area (Å²) in [4.78, 5) is 11.4. The number of ether oxygens (including phenoxy) is 1. The van der Waals surface area contributed by atoms with Crippen molar-refractivity contribution >= 4 is 5.91 Å². The largest absolute Gasteiger partial charge is 0.375 e. The molecule has 1 unspecified atom stereocenters. The van der Waals surface area contributed by atoms with Crippen LogP contribution in [-0.4, -0.2) is 37.2 Å². The maximum absolute atomic E-state index is 11.4. The van der Waals surface area contributed by atoms with Gasteiger partial charge in [0.1, 0.15) is 0 Å². The van der Waals surface area contributed by atoms with Crippen LogP contribution in [0.5, 0.6) is 0 Å². The first kappa shape index (κ1) is 14.4. The Hall–Kier alpha value is -0.610. The van der Waals surface area contributed by atoms with Gasteiger partial charge in [0.15, 0.2) is 0 Å². The molecule has 2 N–H and O–H groups in total. The van der Waals surface area contributed by atoms with Gasteiger partial charge in [0.05, 0.1) is 11.6 Å². The van der Waals surface area contributed by atoms with Crippen LogP contribution < -0.4 is 10.6 Å². The summed E-state index contributed by atoms with van der Waals surface area (Å²) in [5, 5.41) is 5.93. The van der Waals surface area contributed by atoms with Gasteiger partial charge in [0, 0.05) is 19.7 Å². The molecule has 0 bridgehead atoms. The van der Waals surface area contributed by atoms with E-state index in [1.807, 2.05) is 34.6 Å². The van der Waals surface area contributed by atoms with Gasteiger partial charge in [0.25, 0.3) is 0 Å². The molecule has 15 heavy (non-hydrogen) atoms. The highest BCUT2D eigenvalue weighted by Crippen LogP contribution is 2.07. The summed E-state index contributed by atoms with van der Waals surface area (Å²) in [6, 6.07) is -0.176. The molecule has 1 atom stereocenters. The van der Waals surface area contributed by atoms with Gasteiger partial charge < -0.3 is 15.4 Å². The molecule has 1 amide bonds. The van der Waals surface area contributed by atoms with Crippen molar-refractivity contribution in [3.63, 3.8) is 0 Å². The van der Waals surface area contributed by atoms with Crippen molar-refractivity contribution in [1.82, 2.24) is 10.6 Å².